The summed E-state index contributed by atoms with van der Waals surface area (Å²) in [6.07, 6.45) is -9.65. The number of aryl methyl sites for hydroxylation is 2. The van der Waals surface area contributed by atoms with Crippen molar-refractivity contribution in [3.8, 4) is 28.6 Å². The number of ether oxygens (including phenoxy) is 4. The lowest BCUT2D eigenvalue weighted by Gasteiger charge is -2.38. The van der Waals surface area contributed by atoms with Gasteiger partial charge >= 0.3 is 22.3 Å². The van der Waals surface area contributed by atoms with E-state index in [1.165, 1.54) is 10.6 Å². The number of alkyl halides is 1. The van der Waals surface area contributed by atoms with Crippen LogP contribution in [0.2, 0.25) is 0 Å². The highest BCUT2D eigenvalue weighted by Gasteiger charge is 2.49. The van der Waals surface area contributed by atoms with Crippen LogP contribution in [0.5, 0.6) is 17.2 Å². The summed E-state index contributed by atoms with van der Waals surface area (Å²) in [5.74, 6) is -6.94. The van der Waals surface area contributed by atoms with Crippen LogP contribution in [0.1, 0.15) is 57.9 Å². The molecule has 7 N–H and O–H groups in total. The molecule has 4 aromatic rings. The third kappa shape index (κ3) is 9.00. The van der Waals surface area contributed by atoms with Gasteiger partial charge in [-0.2, -0.15) is 0 Å². The second-order valence-corrected chi connectivity index (χ2v) is 17.8. The van der Waals surface area contributed by atoms with Crippen molar-refractivity contribution in [1.29, 1.82) is 0 Å². The van der Waals surface area contributed by atoms with Gasteiger partial charge < -0.3 is 68.0 Å². The number of carboxylic acid groups (broad SMARTS) is 1. The van der Waals surface area contributed by atoms with Crippen molar-refractivity contribution >= 4 is 67.6 Å². The van der Waals surface area contributed by atoms with E-state index in [9.17, 15) is 57.9 Å². The molecule has 1 saturated heterocycles. The Morgan fingerprint density at radius 2 is 1.70 bits per heavy atom. The monoisotopic (exact) mass is 1070 g/mol. The highest BCUT2D eigenvalue weighted by molar-refractivity contribution is 14.1. The minimum Gasteiger partial charge on any atom is -0.479 e. The van der Waals surface area contributed by atoms with E-state index in [1.807, 2.05) is 22.6 Å². The molecule has 358 valence electrons. The van der Waals surface area contributed by atoms with Crippen LogP contribution >= 0.6 is 22.6 Å². The number of nitrogens with zero attached hydrogens (tertiary/aromatic N) is 2. The number of aliphatic carboxylic acids is 1. The zero-order valence-electron chi connectivity index (χ0n) is 35.2. The van der Waals surface area contributed by atoms with Gasteiger partial charge in [0.15, 0.2) is 34.8 Å². The molecule has 8 rings (SSSR count). The Morgan fingerprint density at radius 3 is 2.42 bits per heavy atom. The first-order valence-corrected chi connectivity index (χ1v) is 23.6. The van der Waals surface area contributed by atoms with Gasteiger partial charge in [0.1, 0.15) is 24.9 Å². The number of hydrogen-bond donors (Lipinski definition) is 7. The van der Waals surface area contributed by atoms with Crippen LogP contribution in [0, 0.1) is 5.82 Å². The van der Waals surface area contributed by atoms with Crippen LogP contribution in [-0.2, 0) is 70.6 Å². The van der Waals surface area contributed by atoms with Gasteiger partial charge in [0.05, 0.1) is 46.7 Å². The van der Waals surface area contributed by atoms with Gasteiger partial charge in [0, 0.05) is 46.8 Å². The highest BCUT2D eigenvalue weighted by atomic mass is 127. The molecule has 67 heavy (non-hydrogen) atoms. The SMILES string of the molecule is CC[C@@]1(O)C(=O)OCc2c1cc1n(c2=O)Cc2c-1nc1cc(F)c(OS(=O)(=O)Oc3cc(C(=O)NCCOCCNC(=O)CI)ccc3O[C@@H]3O[C@H](C(=O)O)[C@@H](O)[C@H](O)[C@H]3O)c3c1c2CCC3. The molecule has 1 fully saturated rings. The summed E-state index contributed by atoms with van der Waals surface area (Å²) in [6, 6.07) is 5.48. The zero-order chi connectivity index (χ0) is 48.1. The first-order chi connectivity index (χ1) is 31.9. The molecule has 2 aromatic heterocycles. The number of benzene rings is 2. The standard InChI is InChI=1S/C42H42FIN4O18S/c1-2-42(58)23-13-26-31-21(16-48(26)38(54)22(23)17-62-41(42)57)19-4-3-5-20-30(19)25(47-31)14-24(43)35(20)66-67(59,60)65-28-12-18(37(53)46-9-11-61-10-8-45-29(49)15-44)6-7-27(28)63-40-34(52)32(50)33(51)36(64-40)39(55)56/h6-7,12-14,32-34,36,40,50-52,58H,2-5,8-11,15-17H2,1H3,(H,45,49)(H,46,53)(H,55,56)/t32-,33-,34+,36-,40+,42-/m0/s1. The minimum atomic E-state index is -5.41. The Hall–Kier alpha value is -5.55. The predicted molar refractivity (Wildman–Crippen MR) is 233 cm³/mol. The van der Waals surface area contributed by atoms with Gasteiger partial charge in [0.25, 0.3) is 11.5 Å². The smallest absolute Gasteiger partial charge is 0.479 e. The Morgan fingerprint density at radius 1 is 0.970 bits per heavy atom. The number of aromatic nitrogens is 2. The summed E-state index contributed by atoms with van der Waals surface area (Å²) in [5, 5.41) is 57.5. The van der Waals surface area contributed by atoms with Crippen molar-refractivity contribution in [1.82, 2.24) is 20.2 Å². The lowest BCUT2D eigenvalue weighted by atomic mass is 9.85. The molecule has 0 radical (unpaired) electrons. The van der Waals surface area contributed by atoms with Crippen LogP contribution < -0.4 is 29.3 Å². The van der Waals surface area contributed by atoms with E-state index in [2.05, 4.69) is 10.6 Å². The molecule has 6 atom stereocenters. The molecule has 0 bridgehead atoms. The highest BCUT2D eigenvalue weighted by Crippen LogP contribution is 2.45. The zero-order valence-corrected chi connectivity index (χ0v) is 38.1. The van der Waals surface area contributed by atoms with Crippen molar-refractivity contribution in [2.24, 2.45) is 0 Å². The van der Waals surface area contributed by atoms with Gasteiger partial charge in [-0.1, -0.05) is 29.5 Å². The number of carboxylic acids is 1. The van der Waals surface area contributed by atoms with Crippen LogP contribution in [0.4, 0.5) is 4.39 Å². The third-order valence-corrected chi connectivity index (χ3v) is 13.3. The number of halogens is 2. The second-order valence-electron chi connectivity index (χ2n) is 15.9. The molecule has 2 aromatic carbocycles. The molecular formula is C42H42FIN4O18S. The number of pyridine rings is 2. The molecule has 25 heteroatoms. The molecule has 4 aliphatic rings. The van der Waals surface area contributed by atoms with Crippen LogP contribution in [0.15, 0.2) is 35.1 Å². The van der Waals surface area contributed by atoms with Crippen molar-refractivity contribution in [2.45, 2.75) is 82.1 Å². The summed E-state index contributed by atoms with van der Waals surface area (Å²) < 4.78 is 77.7. The molecule has 0 unspecified atom stereocenters. The van der Waals surface area contributed by atoms with Gasteiger partial charge in [-0.3, -0.25) is 14.4 Å². The largest absolute Gasteiger partial charge is 0.501 e. The number of rotatable bonds is 16. The van der Waals surface area contributed by atoms with Gasteiger partial charge in [0.2, 0.25) is 12.2 Å². The number of cyclic esters (lactones) is 1. The van der Waals surface area contributed by atoms with E-state index < -0.39 is 93.2 Å². The normalized spacial score (nSPS) is 22.8. The molecular weight excluding hydrogens is 1030 g/mol. The Balaban J connectivity index is 1.10. The van der Waals surface area contributed by atoms with E-state index in [1.54, 1.807) is 6.92 Å². The van der Waals surface area contributed by atoms with Crippen molar-refractivity contribution < 1.29 is 84.8 Å². The average Bonchev–Trinajstić information content (AvgIpc) is 3.67. The first-order valence-electron chi connectivity index (χ1n) is 20.8. The van der Waals surface area contributed by atoms with E-state index in [0.29, 0.717) is 35.0 Å². The lowest BCUT2D eigenvalue weighted by Crippen LogP contribution is -2.61. The van der Waals surface area contributed by atoms with Crippen LogP contribution in [0.25, 0.3) is 22.3 Å². The summed E-state index contributed by atoms with van der Waals surface area (Å²) in [4.78, 5) is 67.6. The topological polar surface area (TPSA) is 318 Å². The summed E-state index contributed by atoms with van der Waals surface area (Å²) >= 11 is 1.90. The van der Waals surface area contributed by atoms with Gasteiger partial charge in [-0.15, -0.1) is 8.42 Å². The van der Waals surface area contributed by atoms with Crippen molar-refractivity contribution in [3.05, 3.63) is 79.9 Å². The minimum absolute atomic E-state index is 0.0162. The maximum Gasteiger partial charge on any atom is 0.501 e. The Bertz CT molecular complexity index is 2880. The fourth-order valence-electron chi connectivity index (χ4n) is 8.48. The average molecular weight is 1070 g/mol. The molecule has 22 nitrogen and oxygen atoms in total. The number of hydrogen-bond acceptors (Lipinski definition) is 18. The van der Waals surface area contributed by atoms with Crippen LogP contribution in [0.3, 0.4) is 0 Å². The maximum atomic E-state index is 16.3. The van der Waals surface area contributed by atoms with E-state index in [0.717, 1.165) is 24.3 Å². The predicted octanol–water partition coefficient (Wildman–Crippen LogP) is -0.0214. The molecule has 0 spiro atoms. The summed E-state index contributed by atoms with van der Waals surface area (Å²) in [7, 11) is -5.41. The summed E-state index contributed by atoms with van der Waals surface area (Å²) in [5.41, 5.74) is -0.636. The number of nitrogens with one attached hydrogen (secondary N) is 2. The van der Waals surface area contributed by atoms with Gasteiger partial charge in [-0.05, 0) is 55.5 Å². The van der Waals surface area contributed by atoms with E-state index >= 15 is 4.39 Å². The molecule has 1 aliphatic carbocycles. The quantitative estimate of drug-likeness (QED) is 0.0296. The molecule has 5 heterocycles. The molecule has 3 aliphatic heterocycles. The van der Waals surface area contributed by atoms with E-state index in [-0.39, 0.29) is 96.1 Å². The second kappa shape index (κ2) is 18.9. The fraction of sp³-hybridized carbons (Fsp3) is 0.429. The Kier molecular flexibility index (Phi) is 13.5. The summed E-state index contributed by atoms with van der Waals surface area (Å²) in [6.45, 7) is 1.59. The number of aliphatic hydroxyl groups excluding tert-OH is 3. The first kappa shape index (κ1) is 47.9. The number of aliphatic hydroxyl groups is 4. The fourth-order valence-corrected chi connectivity index (χ4v) is 9.52. The Labute approximate surface area is 392 Å². The molecule has 0 saturated carbocycles. The number of amides is 2. The number of esters is 1. The number of carbonyl (C=O) groups is 4. The maximum absolute atomic E-state index is 16.3. The number of carbonyl (C=O) groups excluding carboxylic acids is 3. The lowest BCUT2D eigenvalue weighted by molar-refractivity contribution is -0.271. The van der Waals surface area contributed by atoms with Crippen molar-refractivity contribution in [2.75, 3.05) is 30.7 Å². The third-order valence-electron chi connectivity index (χ3n) is 11.8. The molecule has 2 amide bonds. The van der Waals surface area contributed by atoms with Crippen LogP contribution in [-0.4, -0.2) is 129 Å². The van der Waals surface area contributed by atoms with E-state index in [4.69, 9.17) is 32.3 Å². The van der Waals surface area contributed by atoms with Gasteiger partial charge in [-0.25, -0.2) is 19.0 Å². The number of fused-ring (bicyclic) bond motifs is 5. The van der Waals surface area contributed by atoms with Crippen molar-refractivity contribution in [3.63, 3.8) is 0 Å².